The third kappa shape index (κ3) is 45.9. The van der Waals surface area contributed by atoms with E-state index in [1.807, 2.05) is 0 Å². The van der Waals surface area contributed by atoms with Crippen LogP contribution in [0.2, 0.25) is 0 Å². The molecule has 0 spiro atoms. The first-order valence-electron chi connectivity index (χ1n) is 24.9. The molecule has 0 aliphatic heterocycles. The molecule has 0 rings (SSSR count). The van der Waals surface area contributed by atoms with E-state index in [9.17, 15) is 14.4 Å². The van der Waals surface area contributed by atoms with Crippen LogP contribution in [-0.2, 0) is 28.6 Å². The Hall–Kier alpha value is -3.15. The topological polar surface area (TPSA) is 78.9 Å². The lowest BCUT2D eigenvalue weighted by Gasteiger charge is -2.18. The molecule has 0 saturated heterocycles. The summed E-state index contributed by atoms with van der Waals surface area (Å²) in [6.45, 7) is 6.45. The van der Waals surface area contributed by atoms with Gasteiger partial charge in [0.15, 0.2) is 6.10 Å². The van der Waals surface area contributed by atoms with Crippen molar-refractivity contribution in [2.24, 2.45) is 0 Å². The fraction of sp³-hybridized carbons (Fsp3) is 0.722. The zero-order valence-corrected chi connectivity index (χ0v) is 39.2. The Morgan fingerprint density at radius 1 is 0.350 bits per heavy atom. The Balaban J connectivity index is 4.38. The maximum atomic E-state index is 12.7. The van der Waals surface area contributed by atoms with Gasteiger partial charge in [-0.05, 0) is 89.9 Å². The van der Waals surface area contributed by atoms with Crippen molar-refractivity contribution in [3.63, 3.8) is 0 Å². The molecular formula is C54H92O6. The molecule has 1 unspecified atom stereocenters. The number of ether oxygens (including phenoxy) is 3. The molecular weight excluding hydrogens is 745 g/mol. The van der Waals surface area contributed by atoms with E-state index in [4.69, 9.17) is 14.2 Å². The minimum absolute atomic E-state index is 0.0888. The summed E-state index contributed by atoms with van der Waals surface area (Å²) in [5.74, 6) is -0.936. The number of esters is 3. The molecule has 0 bridgehead atoms. The summed E-state index contributed by atoms with van der Waals surface area (Å²) in [6, 6.07) is 0. The smallest absolute Gasteiger partial charge is 0.306 e. The van der Waals surface area contributed by atoms with Gasteiger partial charge in [-0.1, -0.05) is 196 Å². The van der Waals surface area contributed by atoms with Crippen molar-refractivity contribution in [2.75, 3.05) is 13.2 Å². The average molecular weight is 837 g/mol. The van der Waals surface area contributed by atoms with E-state index >= 15 is 0 Å². The molecule has 60 heavy (non-hydrogen) atoms. The van der Waals surface area contributed by atoms with Crippen molar-refractivity contribution >= 4 is 17.9 Å². The third-order valence-electron chi connectivity index (χ3n) is 10.4. The van der Waals surface area contributed by atoms with Gasteiger partial charge in [-0.3, -0.25) is 14.4 Å². The van der Waals surface area contributed by atoms with Crippen molar-refractivity contribution in [3.8, 4) is 0 Å². The van der Waals surface area contributed by atoms with Gasteiger partial charge in [-0.25, -0.2) is 0 Å². The maximum Gasteiger partial charge on any atom is 0.306 e. The number of hydrogen-bond acceptors (Lipinski definition) is 6. The molecule has 0 aliphatic carbocycles. The van der Waals surface area contributed by atoms with Crippen molar-refractivity contribution in [2.45, 2.75) is 239 Å². The van der Waals surface area contributed by atoms with Gasteiger partial charge in [-0.2, -0.15) is 0 Å². The second-order valence-electron chi connectivity index (χ2n) is 16.3. The van der Waals surface area contributed by atoms with Gasteiger partial charge in [0.05, 0.1) is 0 Å². The second kappa shape index (κ2) is 48.5. The standard InChI is InChI=1S/C54H92O6/c1-4-7-10-13-16-19-21-23-25-26-27-28-30-31-33-35-38-41-44-47-53(56)59-50-51(49-58-52(55)46-43-40-37-18-15-12-9-6-3)60-54(57)48-45-42-39-36-34-32-29-24-22-20-17-14-11-8-5-2/h7,10,16,19,23-25,27-29,31,33,51H,4-6,8-9,11-15,17-18,20-22,26,30,32,34-50H2,1-3H3/b10-7-,19-16-,25-23-,28-27-,29-24-,33-31-. The summed E-state index contributed by atoms with van der Waals surface area (Å²) < 4.78 is 16.7. The molecule has 0 heterocycles. The van der Waals surface area contributed by atoms with Gasteiger partial charge in [0.1, 0.15) is 13.2 Å². The quantitative estimate of drug-likeness (QED) is 0.0263. The lowest BCUT2D eigenvalue weighted by molar-refractivity contribution is -0.167. The highest BCUT2D eigenvalue weighted by atomic mass is 16.6. The van der Waals surface area contributed by atoms with Gasteiger partial charge in [0.25, 0.3) is 0 Å². The number of carbonyl (C=O) groups excluding carboxylic acids is 3. The molecule has 0 radical (unpaired) electrons. The van der Waals surface area contributed by atoms with Crippen LogP contribution in [0.4, 0.5) is 0 Å². The van der Waals surface area contributed by atoms with Crippen molar-refractivity contribution in [3.05, 3.63) is 72.9 Å². The molecule has 0 aromatic rings. The predicted octanol–water partition coefficient (Wildman–Crippen LogP) is 16.3. The highest BCUT2D eigenvalue weighted by molar-refractivity contribution is 5.71. The SMILES string of the molecule is CC/C=C\C/C=C\C/C=C\C/C=C\C/C=C\CCCCCC(=O)OCC(COC(=O)CCCCCCCCCC)OC(=O)CCCCCCC/C=C\CCCCCCCC. The van der Waals surface area contributed by atoms with E-state index in [1.54, 1.807) is 0 Å². The number of unbranched alkanes of at least 4 members (excludes halogenated alkanes) is 21. The minimum atomic E-state index is -0.789. The lowest BCUT2D eigenvalue weighted by atomic mass is 10.1. The fourth-order valence-corrected chi connectivity index (χ4v) is 6.70. The maximum absolute atomic E-state index is 12.7. The molecule has 0 saturated carbocycles. The monoisotopic (exact) mass is 837 g/mol. The third-order valence-corrected chi connectivity index (χ3v) is 10.4. The Morgan fingerprint density at radius 3 is 1.05 bits per heavy atom. The number of rotatable bonds is 44. The first kappa shape index (κ1) is 56.9. The molecule has 0 N–H and O–H groups in total. The molecule has 6 heteroatoms. The second-order valence-corrected chi connectivity index (χ2v) is 16.3. The van der Waals surface area contributed by atoms with Crippen molar-refractivity contribution in [1.82, 2.24) is 0 Å². The van der Waals surface area contributed by atoms with Gasteiger partial charge in [0.2, 0.25) is 0 Å². The molecule has 344 valence electrons. The summed E-state index contributed by atoms with van der Waals surface area (Å²) in [7, 11) is 0. The predicted molar refractivity (Wildman–Crippen MR) is 256 cm³/mol. The van der Waals surface area contributed by atoms with Gasteiger partial charge in [0, 0.05) is 19.3 Å². The summed E-state index contributed by atoms with van der Waals surface area (Å²) in [6.07, 6.45) is 60.3. The zero-order chi connectivity index (χ0) is 43.7. The van der Waals surface area contributed by atoms with Gasteiger partial charge < -0.3 is 14.2 Å². The van der Waals surface area contributed by atoms with Crippen LogP contribution in [0.1, 0.15) is 233 Å². The molecule has 0 amide bonds. The van der Waals surface area contributed by atoms with Crippen LogP contribution in [0.25, 0.3) is 0 Å². The Bertz CT molecular complexity index is 1140. The molecule has 0 aliphatic rings. The Morgan fingerprint density at radius 2 is 0.650 bits per heavy atom. The van der Waals surface area contributed by atoms with Crippen LogP contribution in [0.15, 0.2) is 72.9 Å². The molecule has 0 fully saturated rings. The van der Waals surface area contributed by atoms with E-state index in [1.165, 1.54) is 83.5 Å². The first-order valence-corrected chi connectivity index (χ1v) is 24.9. The van der Waals surface area contributed by atoms with Crippen LogP contribution < -0.4 is 0 Å². The first-order chi connectivity index (χ1) is 29.5. The van der Waals surface area contributed by atoms with Crippen LogP contribution in [0, 0.1) is 0 Å². The van der Waals surface area contributed by atoms with Crippen LogP contribution >= 0.6 is 0 Å². The van der Waals surface area contributed by atoms with Crippen LogP contribution in [-0.4, -0.2) is 37.2 Å². The molecule has 1 atom stereocenters. The zero-order valence-electron chi connectivity index (χ0n) is 39.2. The summed E-state index contributed by atoms with van der Waals surface area (Å²) in [5, 5.41) is 0. The largest absolute Gasteiger partial charge is 0.462 e. The highest BCUT2D eigenvalue weighted by Crippen LogP contribution is 2.13. The van der Waals surface area contributed by atoms with Crippen molar-refractivity contribution < 1.29 is 28.6 Å². The van der Waals surface area contributed by atoms with Crippen LogP contribution in [0.3, 0.4) is 0 Å². The highest BCUT2D eigenvalue weighted by Gasteiger charge is 2.19. The van der Waals surface area contributed by atoms with E-state index in [0.717, 1.165) is 109 Å². The van der Waals surface area contributed by atoms with Crippen LogP contribution in [0.5, 0.6) is 0 Å². The Kier molecular flexibility index (Phi) is 46.0. The van der Waals surface area contributed by atoms with Crippen molar-refractivity contribution in [1.29, 1.82) is 0 Å². The normalized spacial score (nSPS) is 12.7. The molecule has 0 aromatic carbocycles. The number of hydrogen-bond donors (Lipinski definition) is 0. The van der Waals surface area contributed by atoms with E-state index in [0.29, 0.717) is 19.3 Å². The molecule has 0 aromatic heterocycles. The van der Waals surface area contributed by atoms with E-state index in [-0.39, 0.29) is 31.1 Å². The molecule has 6 nitrogen and oxygen atoms in total. The summed E-state index contributed by atoms with van der Waals surface area (Å²) >= 11 is 0. The lowest BCUT2D eigenvalue weighted by Crippen LogP contribution is -2.30. The average Bonchev–Trinajstić information content (AvgIpc) is 3.24. The summed E-state index contributed by atoms with van der Waals surface area (Å²) in [5.41, 5.74) is 0. The fourth-order valence-electron chi connectivity index (χ4n) is 6.70. The number of allylic oxidation sites excluding steroid dienone is 12. The van der Waals surface area contributed by atoms with Gasteiger partial charge >= 0.3 is 17.9 Å². The minimum Gasteiger partial charge on any atom is -0.462 e. The summed E-state index contributed by atoms with van der Waals surface area (Å²) in [4.78, 5) is 37.8. The number of carbonyl (C=O) groups is 3. The van der Waals surface area contributed by atoms with E-state index < -0.39 is 6.10 Å². The Labute approximate surface area is 370 Å². The van der Waals surface area contributed by atoms with Gasteiger partial charge in [-0.15, -0.1) is 0 Å². The van der Waals surface area contributed by atoms with E-state index in [2.05, 4.69) is 93.7 Å².